The molecular weight excluding hydrogens is 168 g/mol. The minimum Gasteiger partial charge on any atom is -0.446 e. The number of nitrogens with one attached hydrogen (secondary N) is 1. The summed E-state index contributed by atoms with van der Waals surface area (Å²) in [5.74, 6) is 0. The Hall–Kier alpha value is -1.91. The van der Waals surface area contributed by atoms with Crippen LogP contribution in [0.2, 0.25) is 0 Å². The van der Waals surface area contributed by atoms with Crippen molar-refractivity contribution in [3.05, 3.63) is 30.3 Å². The molecular formula is C8H9N4O+. The normalized spacial score (nSPS) is 9.92. The Morgan fingerprint density at radius 2 is 2.08 bits per heavy atom. The van der Waals surface area contributed by atoms with Gasteiger partial charge >= 0.3 is 6.01 Å². The van der Waals surface area contributed by atoms with Gasteiger partial charge in [-0.25, -0.2) is 0 Å². The van der Waals surface area contributed by atoms with Crippen LogP contribution in [-0.4, -0.2) is 22.5 Å². The minimum absolute atomic E-state index is 0.392. The second kappa shape index (κ2) is 3.22. The van der Waals surface area contributed by atoms with Crippen molar-refractivity contribution in [3.63, 3.8) is 0 Å². The van der Waals surface area contributed by atoms with Crippen LogP contribution in [0.4, 0.5) is 0 Å². The molecule has 0 radical (unpaired) electrons. The van der Waals surface area contributed by atoms with Crippen molar-refractivity contribution in [3.8, 4) is 11.7 Å². The molecule has 0 aliphatic carbocycles. The molecule has 0 fully saturated rings. The number of nitrogens with zero attached hydrogens (tertiary/aromatic N) is 3. The van der Waals surface area contributed by atoms with E-state index < -0.39 is 0 Å². The van der Waals surface area contributed by atoms with Gasteiger partial charge in [-0.2, -0.15) is 0 Å². The molecule has 0 unspecified atom stereocenters. The zero-order chi connectivity index (χ0) is 9.10. The molecule has 13 heavy (non-hydrogen) atoms. The number of aromatic nitrogens is 4. The zero-order valence-electron chi connectivity index (χ0n) is 7.14. The number of para-hydroxylation sites is 1. The fourth-order valence-corrected chi connectivity index (χ4v) is 0.993. The van der Waals surface area contributed by atoms with Gasteiger partial charge in [0, 0.05) is 0 Å². The van der Waals surface area contributed by atoms with Crippen LogP contribution in [0.15, 0.2) is 30.3 Å². The predicted octanol–water partition coefficient (Wildman–Crippen LogP) is 0.0900. The summed E-state index contributed by atoms with van der Waals surface area (Å²) in [6, 6.07) is 10.0. The van der Waals surface area contributed by atoms with Crippen LogP contribution in [0, 0.1) is 0 Å². The molecule has 0 saturated carbocycles. The van der Waals surface area contributed by atoms with E-state index >= 15 is 0 Å². The fraction of sp³-hybridized carbons (Fsp3) is 0.125. The quantitative estimate of drug-likeness (QED) is 0.661. The number of hydrogen-bond acceptors (Lipinski definition) is 3. The molecule has 1 aromatic carbocycles. The van der Waals surface area contributed by atoms with E-state index in [1.165, 1.54) is 7.11 Å². The lowest BCUT2D eigenvalue weighted by molar-refractivity contribution is -0.717. The monoisotopic (exact) mass is 177 g/mol. The summed E-state index contributed by atoms with van der Waals surface area (Å²) in [5, 5.41) is 10.4. The van der Waals surface area contributed by atoms with E-state index in [0.717, 1.165) is 5.69 Å². The summed E-state index contributed by atoms with van der Waals surface area (Å²) in [6.45, 7) is 0. The molecule has 5 nitrogen and oxygen atoms in total. The van der Waals surface area contributed by atoms with Crippen LogP contribution < -0.4 is 9.53 Å². The zero-order valence-corrected chi connectivity index (χ0v) is 7.14. The molecule has 66 valence electrons. The number of benzene rings is 1. The lowest BCUT2D eigenvalue weighted by Crippen LogP contribution is -2.35. The Morgan fingerprint density at radius 1 is 1.31 bits per heavy atom. The average molecular weight is 177 g/mol. The first-order valence-electron chi connectivity index (χ1n) is 3.84. The van der Waals surface area contributed by atoms with Crippen molar-refractivity contribution in [1.29, 1.82) is 0 Å². The first-order chi connectivity index (χ1) is 6.40. The fourth-order valence-electron chi connectivity index (χ4n) is 0.993. The second-order valence-corrected chi connectivity index (χ2v) is 2.46. The third-order valence-corrected chi connectivity index (χ3v) is 1.62. The molecule has 2 aromatic rings. The first-order valence-corrected chi connectivity index (χ1v) is 3.84. The number of hydrogen-bond donors (Lipinski definition) is 1. The van der Waals surface area contributed by atoms with E-state index in [2.05, 4.69) is 15.4 Å². The van der Waals surface area contributed by atoms with Crippen molar-refractivity contribution < 1.29 is 9.53 Å². The summed E-state index contributed by atoms with van der Waals surface area (Å²) in [7, 11) is 1.54. The van der Waals surface area contributed by atoms with Crippen LogP contribution in [-0.2, 0) is 0 Å². The van der Waals surface area contributed by atoms with E-state index in [1.54, 1.807) is 4.80 Å². The number of methoxy groups -OCH3 is 1. The Kier molecular flexibility index (Phi) is 1.91. The van der Waals surface area contributed by atoms with Crippen LogP contribution >= 0.6 is 0 Å². The van der Waals surface area contributed by atoms with Crippen molar-refractivity contribution in [1.82, 2.24) is 15.4 Å². The van der Waals surface area contributed by atoms with Gasteiger partial charge in [-0.3, -0.25) is 0 Å². The molecule has 0 aliphatic rings. The molecule has 0 bridgehead atoms. The summed E-state index contributed by atoms with van der Waals surface area (Å²) in [4.78, 5) is 1.54. The van der Waals surface area contributed by atoms with Gasteiger partial charge in [0.2, 0.25) is 0 Å². The third-order valence-electron chi connectivity index (χ3n) is 1.62. The lowest BCUT2D eigenvalue weighted by atomic mass is 10.3. The molecule has 1 N–H and O–H groups in total. The highest BCUT2D eigenvalue weighted by atomic mass is 16.5. The van der Waals surface area contributed by atoms with Crippen LogP contribution in [0.5, 0.6) is 6.01 Å². The molecule has 2 rings (SSSR count). The number of tetrazole rings is 1. The van der Waals surface area contributed by atoms with Gasteiger partial charge in [0.25, 0.3) is 0 Å². The number of rotatable bonds is 2. The summed E-state index contributed by atoms with van der Waals surface area (Å²) in [6.07, 6.45) is 0. The number of H-pyrrole nitrogens is 1. The third kappa shape index (κ3) is 1.48. The van der Waals surface area contributed by atoms with Crippen molar-refractivity contribution >= 4 is 0 Å². The van der Waals surface area contributed by atoms with E-state index in [1.807, 2.05) is 30.3 Å². The maximum absolute atomic E-state index is 4.87. The topological polar surface area (TPSA) is 54.7 Å². The van der Waals surface area contributed by atoms with Crippen LogP contribution in [0.1, 0.15) is 0 Å². The first kappa shape index (κ1) is 7.72. The molecule has 0 saturated heterocycles. The SMILES string of the molecule is COc1nn[n+](-c2ccccc2)[nH]1. The van der Waals surface area contributed by atoms with Crippen LogP contribution in [0.3, 0.4) is 0 Å². The second-order valence-electron chi connectivity index (χ2n) is 2.46. The van der Waals surface area contributed by atoms with Gasteiger partial charge in [-0.1, -0.05) is 18.2 Å². The van der Waals surface area contributed by atoms with Crippen molar-refractivity contribution in [2.24, 2.45) is 0 Å². The average Bonchev–Trinajstić information content (AvgIpc) is 2.67. The molecule has 1 aromatic heterocycles. The summed E-state index contributed by atoms with van der Waals surface area (Å²) >= 11 is 0. The maximum Gasteiger partial charge on any atom is 0.470 e. The molecule has 0 atom stereocenters. The summed E-state index contributed by atoms with van der Waals surface area (Å²) in [5.41, 5.74) is 0.915. The van der Waals surface area contributed by atoms with Crippen molar-refractivity contribution in [2.45, 2.75) is 0 Å². The smallest absolute Gasteiger partial charge is 0.446 e. The minimum atomic E-state index is 0.392. The predicted molar refractivity (Wildman–Crippen MR) is 44.5 cm³/mol. The number of aromatic amines is 1. The Labute approximate surface area is 75.0 Å². The number of ether oxygens (including phenoxy) is 1. The van der Waals surface area contributed by atoms with Gasteiger partial charge in [-0.15, -0.1) is 5.10 Å². The standard InChI is InChI=1S/C8H8N4O/c1-13-8-9-11-12(10-8)7-5-3-2-4-6-7/h2-6H,1H3/p+1. The molecule has 0 amide bonds. The highest BCUT2D eigenvalue weighted by molar-refractivity contribution is 5.20. The van der Waals surface area contributed by atoms with Crippen molar-refractivity contribution in [2.75, 3.05) is 7.11 Å². The maximum atomic E-state index is 4.87. The van der Waals surface area contributed by atoms with Crippen LogP contribution in [0.25, 0.3) is 5.69 Å². The molecule has 5 heteroatoms. The largest absolute Gasteiger partial charge is 0.470 e. The highest BCUT2D eigenvalue weighted by Gasteiger charge is 2.11. The molecule has 0 spiro atoms. The van der Waals surface area contributed by atoms with E-state index in [-0.39, 0.29) is 0 Å². The van der Waals surface area contributed by atoms with E-state index in [4.69, 9.17) is 4.74 Å². The molecule has 0 aliphatic heterocycles. The Morgan fingerprint density at radius 3 is 2.69 bits per heavy atom. The Balaban J connectivity index is 2.36. The highest BCUT2D eigenvalue weighted by Crippen LogP contribution is 1.97. The van der Waals surface area contributed by atoms with Gasteiger partial charge in [-0.05, 0) is 16.9 Å². The van der Waals surface area contributed by atoms with Gasteiger partial charge < -0.3 is 4.74 Å². The summed E-state index contributed by atoms with van der Waals surface area (Å²) < 4.78 is 4.87. The van der Waals surface area contributed by atoms with E-state index in [9.17, 15) is 0 Å². The van der Waals surface area contributed by atoms with Gasteiger partial charge in [0.05, 0.1) is 7.11 Å². The Bertz CT molecular complexity index is 384. The van der Waals surface area contributed by atoms with Gasteiger partial charge in [0.15, 0.2) is 10.9 Å². The van der Waals surface area contributed by atoms with E-state index in [0.29, 0.717) is 6.01 Å². The lowest BCUT2D eigenvalue weighted by Gasteiger charge is -1.88. The molecule has 1 heterocycles. The van der Waals surface area contributed by atoms with Gasteiger partial charge in [0.1, 0.15) is 5.10 Å².